The number of halogens is 8. The monoisotopic (exact) mass is 338 g/mol. The second-order valence-electron chi connectivity index (χ2n) is 1.99. The molecule has 0 saturated heterocycles. The minimum Gasteiger partial charge on any atom is -0.218 e. The summed E-state index contributed by atoms with van der Waals surface area (Å²) in [5, 5.41) is -3.82. The molecule has 0 aromatic heterocycles. The first-order valence-electron chi connectivity index (χ1n) is 2.47. The molecule has 0 amide bonds. The fourth-order valence-electron chi connectivity index (χ4n) is 0.352. The van der Waals surface area contributed by atoms with Crippen LogP contribution < -0.4 is 0 Å². The van der Waals surface area contributed by atoms with Crippen molar-refractivity contribution in [3.63, 3.8) is 0 Å². The first-order chi connectivity index (χ1) is 4.96. The molecule has 0 N–H and O–H groups in total. The van der Waals surface area contributed by atoms with Crippen molar-refractivity contribution in [2.45, 2.75) is 21.2 Å². The van der Waals surface area contributed by atoms with Gasteiger partial charge in [-0.1, -0.05) is 11.6 Å². The molecule has 0 aromatic carbocycles. The third kappa shape index (κ3) is 4.23. The third-order valence-electron chi connectivity index (χ3n) is 0.837. The van der Waals surface area contributed by atoms with Crippen LogP contribution in [0.1, 0.15) is 6.42 Å². The van der Waals surface area contributed by atoms with Gasteiger partial charge in [0.2, 0.25) is 0 Å². The topological polar surface area (TPSA) is 0 Å². The normalized spacial score (nSPS) is 19.0. The Morgan fingerprint density at radius 1 is 1.00 bits per heavy atom. The Labute approximate surface area is 86.7 Å². The lowest BCUT2D eigenvalue weighted by Gasteiger charge is -2.24. The molecule has 1 unspecified atom stereocenters. The maximum Gasteiger partial charge on any atom is 0.348 e. The van der Waals surface area contributed by atoms with Crippen LogP contribution in [-0.4, -0.2) is 14.8 Å². The van der Waals surface area contributed by atoms with Crippen LogP contribution in [0.4, 0.5) is 22.0 Å². The fourth-order valence-corrected chi connectivity index (χ4v) is 1.21. The third-order valence-corrected chi connectivity index (χ3v) is 2.35. The highest BCUT2D eigenvalue weighted by atomic mass is 79.9. The second kappa shape index (κ2) is 3.57. The van der Waals surface area contributed by atoms with Crippen LogP contribution >= 0.6 is 43.5 Å². The smallest absolute Gasteiger partial charge is 0.218 e. The van der Waals surface area contributed by atoms with E-state index >= 15 is 0 Å². The van der Waals surface area contributed by atoms with Gasteiger partial charge in [-0.2, -0.15) is 17.6 Å². The summed E-state index contributed by atoms with van der Waals surface area (Å²) >= 11 is 7.78. The summed E-state index contributed by atoms with van der Waals surface area (Å²) in [6.45, 7) is 0. The summed E-state index contributed by atoms with van der Waals surface area (Å²) in [6, 6.07) is 0. The molecule has 0 fully saturated rings. The Balaban J connectivity index is 4.44. The van der Waals surface area contributed by atoms with Gasteiger partial charge in [-0.25, -0.2) is 4.39 Å². The summed E-state index contributed by atoms with van der Waals surface area (Å²) in [4.78, 5) is -7.96. The van der Waals surface area contributed by atoms with Crippen LogP contribution in [0.15, 0.2) is 0 Å². The lowest BCUT2D eigenvalue weighted by Crippen LogP contribution is -2.37. The number of hydrogen-bond donors (Lipinski definition) is 0. The first-order valence-corrected chi connectivity index (χ1v) is 4.43. The maximum atomic E-state index is 12.6. The minimum absolute atomic E-state index is 1.56. The van der Waals surface area contributed by atoms with E-state index in [-0.39, 0.29) is 0 Å². The molecule has 12 heavy (non-hydrogen) atoms. The van der Waals surface area contributed by atoms with E-state index in [4.69, 9.17) is 0 Å². The van der Waals surface area contributed by atoms with Crippen LogP contribution in [0.25, 0.3) is 0 Å². The van der Waals surface area contributed by atoms with Gasteiger partial charge in [-0.3, -0.25) is 0 Å². The van der Waals surface area contributed by atoms with Gasteiger partial charge < -0.3 is 0 Å². The van der Waals surface area contributed by atoms with Gasteiger partial charge >= 0.3 is 9.66 Å². The average molecular weight is 340 g/mol. The van der Waals surface area contributed by atoms with Crippen molar-refractivity contribution < 1.29 is 22.0 Å². The van der Waals surface area contributed by atoms with Gasteiger partial charge in [-0.15, -0.1) is 0 Å². The predicted octanol–water partition coefficient (Wildman–Crippen LogP) is 4.26. The summed E-state index contributed by atoms with van der Waals surface area (Å²) < 4.78 is 60.7. The molecule has 1 atom stereocenters. The summed E-state index contributed by atoms with van der Waals surface area (Å²) in [6.07, 6.45) is -1.83. The largest absolute Gasteiger partial charge is 0.348 e. The Morgan fingerprint density at radius 3 is 1.42 bits per heavy atom. The second-order valence-corrected chi connectivity index (χ2v) is 4.75. The van der Waals surface area contributed by atoms with Gasteiger partial charge in [0, 0.05) is 0 Å². The van der Waals surface area contributed by atoms with Crippen LogP contribution in [0.5, 0.6) is 0 Å². The van der Waals surface area contributed by atoms with Crippen molar-refractivity contribution in [1.82, 2.24) is 0 Å². The molecule has 0 aromatic rings. The van der Waals surface area contributed by atoms with E-state index < -0.39 is 21.2 Å². The van der Waals surface area contributed by atoms with Crippen molar-refractivity contribution in [2.75, 3.05) is 0 Å². The molecule has 0 saturated carbocycles. The van der Waals surface area contributed by atoms with Crippen LogP contribution in [0, 0.1) is 0 Å². The van der Waals surface area contributed by atoms with Gasteiger partial charge in [0.25, 0.3) is 5.13 Å². The average Bonchev–Trinajstić information content (AvgIpc) is 1.52. The molecule has 0 aliphatic heterocycles. The molecule has 0 bridgehead atoms. The molecule has 0 radical (unpaired) electrons. The van der Waals surface area contributed by atoms with E-state index in [0.29, 0.717) is 0 Å². The summed E-state index contributed by atoms with van der Waals surface area (Å²) in [7, 11) is 0. The molecule has 74 valence electrons. The van der Waals surface area contributed by atoms with Crippen molar-refractivity contribution in [2.24, 2.45) is 0 Å². The van der Waals surface area contributed by atoms with Gasteiger partial charge in [0.05, 0.1) is 6.42 Å². The molecule has 0 nitrogen and oxygen atoms in total. The van der Waals surface area contributed by atoms with E-state index in [1.807, 2.05) is 0 Å². The molecule has 0 aliphatic carbocycles. The lowest BCUT2D eigenvalue weighted by atomic mass is 10.3. The zero-order valence-electron chi connectivity index (χ0n) is 5.23. The van der Waals surface area contributed by atoms with Crippen LogP contribution in [0.2, 0.25) is 0 Å². The Morgan fingerprint density at radius 2 is 1.33 bits per heavy atom. The van der Waals surface area contributed by atoms with Gasteiger partial charge in [0.15, 0.2) is 0 Å². The Hall–Kier alpha value is 0.900. The lowest BCUT2D eigenvalue weighted by molar-refractivity contribution is -0.0464. The standard InChI is InChI=1S/C4H2Br2ClF5/c5-3(9,10)1-2(7,8)4(6,11)12/h1H2. The maximum absolute atomic E-state index is 12.6. The number of alkyl halides is 8. The van der Waals surface area contributed by atoms with Crippen molar-refractivity contribution in [3.8, 4) is 0 Å². The molecule has 0 rings (SSSR count). The van der Waals surface area contributed by atoms with Gasteiger partial charge in [-0.05, 0) is 31.9 Å². The first kappa shape index (κ1) is 12.9. The minimum atomic E-state index is -4.20. The highest BCUT2D eigenvalue weighted by molar-refractivity contribution is 9.10. The summed E-state index contributed by atoms with van der Waals surface area (Å²) in [5.41, 5.74) is 0. The van der Waals surface area contributed by atoms with E-state index in [1.165, 1.54) is 0 Å². The van der Waals surface area contributed by atoms with Crippen LogP contribution in [-0.2, 0) is 0 Å². The fraction of sp³-hybridized carbons (Fsp3) is 1.00. The van der Waals surface area contributed by atoms with Crippen molar-refractivity contribution >= 4 is 43.5 Å². The van der Waals surface area contributed by atoms with E-state index in [0.717, 1.165) is 0 Å². The number of hydrogen-bond acceptors (Lipinski definition) is 0. The van der Waals surface area contributed by atoms with Crippen molar-refractivity contribution in [1.29, 1.82) is 0 Å². The van der Waals surface area contributed by atoms with E-state index in [2.05, 4.69) is 11.6 Å². The van der Waals surface area contributed by atoms with E-state index in [9.17, 15) is 22.0 Å². The molecule has 0 spiro atoms. The zero-order chi connectivity index (χ0) is 10.2. The Kier molecular flexibility index (Phi) is 3.84. The van der Waals surface area contributed by atoms with Crippen LogP contribution in [0.3, 0.4) is 0 Å². The highest BCUT2D eigenvalue weighted by Crippen LogP contribution is 2.48. The highest BCUT2D eigenvalue weighted by Gasteiger charge is 2.56. The Bertz CT molecular complexity index is 160. The van der Waals surface area contributed by atoms with Gasteiger partial charge in [0.1, 0.15) is 0 Å². The molecular formula is C4H2Br2ClF5. The molecule has 8 heteroatoms. The predicted molar refractivity (Wildman–Crippen MR) is 42.1 cm³/mol. The number of rotatable bonds is 3. The SMILES string of the molecule is FC(F)(Br)CC(F)(Cl)C(F)(F)Br. The molecule has 0 heterocycles. The quantitative estimate of drug-likeness (QED) is 0.532. The molecular weight excluding hydrogens is 338 g/mol. The van der Waals surface area contributed by atoms with Crippen molar-refractivity contribution in [3.05, 3.63) is 0 Å². The zero-order valence-corrected chi connectivity index (χ0v) is 9.16. The summed E-state index contributed by atoms with van der Waals surface area (Å²) in [5.74, 6) is 0. The molecule has 0 aliphatic rings. The van der Waals surface area contributed by atoms with E-state index in [1.54, 1.807) is 31.9 Å².